The number of fused-ring (bicyclic) bond motifs is 1. The van der Waals surface area contributed by atoms with E-state index in [-0.39, 0.29) is 0 Å². The first-order valence-electron chi connectivity index (χ1n) is 4.57. The largest absolute Gasteiger partial charge is 0.383 e. The molecule has 1 aliphatic rings. The number of hydrogen-bond acceptors (Lipinski definition) is 2. The number of nitrogens with one attached hydrogen (secondary N) is 1. The van der Waals surface area contributed by atoms with Crippen molar-refractivity contribution in [2.24, 2.45) is 0 Å². The third-order valence-corrected chi connectivity index (χ3v) is 2.95. The lowest BCUT2D eigenvalue weighted by Crippen LogP contribution is -2.20. The molecule has 4 heteroatoms. The molecule has 1 aromatic carbocycles. The van der Waals surface area contributed by atoms with E-state index in [4.69, 9.17) is 23.2 Å². The molecular weight excluding hydrogens is 219 g/mol. The summed E-state index contributed by atoms with van der Waals surface area (Å²) in [5, 5.41) is 4.76. The normalized spacial score (nSPS) is 17.1. The average molecular weight is 231 g/mol. The monoisotopic (exact) mass is 230 g/mol. The number of halogens is 2. The molecule has 1 heterocycles. The molecule has 1 aromatic rings. The van der Waals surface area contributed by atoms with Crippen LogP contribution >= 0.6 is 23.2 Å². The Morgan fingerprint density at radius 2 is 2.14 bits per heavy atom. The fraction of sp³-hybridized carbons (Fsp3) is 0.400. The third-order valence-electron chi connectivity index (χ3n) is 2.40. The number of nitrogens with zero attached hydrogens (tertiary/aromatic N) is 1. The van der Waals surface area contributed by atoms with Crippen LogP contribution in [0.5, 0.6) is 0 Å². The molecule has 1 N–H and O–H groups in total. The van der Waals surface area contributed by atoms with Gasteiger partial charge in [-0.25, -0.2) is 0 Å². The highest BCUT2D eigenvalue weighted by atomic mass is 35.5. The highest BCUT2D eigenvalue weighted by molar-refractivity contribution is 6.35. The highest BCUT2D eigenvalue weighted by Crippen LogP contribution is 2.31. The molecule has 14 heavy (non-hydrogen) atoms. The summed E-state index contributed by atoms with van der Waals surface area (Å²) < 4.78 is 0. The van der Waals surface area contributed by atoms with E-state index >= 15 is 0 Å². The van der Waals surface area contributed by atoms with Gasteiger partial charge in [0.25, 0.3) is 0 Å². The van der Waals surface area contributed by atoms with Gasteiger partial charge in [-0.05, 0) is 19.2 Å². The first-order valence-corrected chi connectivity index (χ1v) is 5.33. The minimum absolute atomic E-state index is 0.686. The van der Waals surface area contributed by atoms with Gasteiger partial charge in [-0.1, -0.05) is 23.2 Å². The van der Waals surface area contributed by atoms with Crippen molar-refractivity contribution in [2.45, 2.75) is 6.54 Å². The Kier molecular flexibility index (Phi) is 2.86. The maximum absolute atomic E-state index is 6.13. The topological polar surface area (TPSA) is 15.3 Å². The van der Waals surface area contributed by atoms with E-state index in [1.165, 1.54) is 0 Å². The first-order chi connectivity index (χ1) is 6.66. The van der Waals surface area contributed by atoms with Crippen molar-refractivity contribution in [3.63, 3.8) is 0 Å². The molecule has 0 aliphatic carbocycles. The predicted octanol–water partition coefficient (Wildman–Crippen LogP) is 2.85. The molecular formula is C10H12Cl2N2. The molecule has 2 nitrogen and oxygen atoms in total. The summed E-state index contributed by atoms with van der Waals surface area (Å²) >= 11 is 12.1. The van der Waals surface area contributed by atoms with Gasteiger partial charge in [0, 0.05) is 40.9 Å². The van der Waals surface area contributed by atoms with Crippen molar-refractivity contribution >= 4 is 28.9 Å². The summed E-state index contributed by atoms with van der Waals surface area (Å²) in [5.41, 5.74) is 2.20. The minimum Gasteiger partial charge on any atom is -0.383 e. The Balaban J connectivity index is 2.45. The van der Waals surface area contributed by atoms with Crippen LogP contribution in [0.2, 0.25) is 10.0 Å². The maximum Gasteiger partial charge on any atom is 0.0486 e. The van der Waals surface area contributed by atoms with Crippen LogP contribution in [0.25, 0.3) is 0 Å². The fourth-order valence-corrected chi connectivity index (χ4v) is 2.21. The van der Waals surface area contributed by atoms with Crippen LogP contribution in [0.3, 0.4) is 0 Å². The molecule has 0 saturated carbocycles. The van der Waals surface area contributed by atoms with E-state index in [1.54, 1.807) is 6.07 Å². The molecule has 76 valence electrons. The summed E-state index contributed by atoms with van der Waals surface area (Å²) in [4.78, 5) is 2.23. The quantitative estimate of drug-likeness (QED) is 0.738. The summed E-state index contributed by atoms with van der Waals surface area (Å²) in [6.45, 7) is 2.82. The van der Waals surface area contributed by atoms with E-state index in [9.17, 15) is 0 Å². The van der Waals surface area contributed by atoms with E-state index in [0.29, 0.717) is 5.02 Å². The van der Waals surface area contributed by atoms with Crippen LogP contribution in [0, 0.1) is 0 Å². The molecule has 2 rings (SSSR count). The van der Waals surface area contributed by atoms with Crippen molar-refractivity contribution in [1.29, 1.82) is 0 Å². The third kappa shape index (κ3) is 1.97. The first kappa shape index (κ1) is 10.1. The minimum atomic E-state index is 0.686. The summed E-state index contributed by atoms with van der Waals surface area (Å²) in [6.07, 6.45) is 0. The van der Waals surface area contributed by atoms with Crippen molar-refractivity contribution in [3.05, 3.63) is 27.7 Å². The van der Waals surface area contributed by atoms with Crippen LogP contribution < -0.4 is 5.32 Å². The van der Waals surface area contributed by atoms with Crippen LogP contribution in [0.15, 0.2) is 12.1 Å². The fourth-order valence-electron chi connectivity index (χ4n) is 1.65. The SMILES string of the molecule is CN1CCNc2cc(Cl)cc(Cl)c2C1. The molecule has 0 unspecified atom stereocenters. The Hall–Kier alpha value is -0.440. The molecule has 0 aromatic heterocycles. The molecule has 0 amide bonds. The maximum atomic E-state index is 6.13. The molecule has 0 fully saturated rings. The predicted molar refractivity (Wildman–Crippen MR) is 61.3 cm³/mol. The van der Waals surface area contributed by atoms with Crippen molar-refractivity contribution in [3.8, 4) is 0 Å². The average Bonchev–Trinajstić information content (AvgIpc) is 2.27. The molecule has 1 aliphatic heterocycles. The van der Waals surface area contributed by atoms with Gasteiger partial charge in [-0.3, -0.25) is 0 Å². The van der Waals surface area contributed by atoms with Gasteiger partial charge in [-0.15, -0.1) is 0 Å². The summed E-state index contributed by atoms with van der Waals surface area (Å²) in [6, 6.07) is 3.73. The van der Waals surface area contributed by atoms with Gasteiger partial charge in [-0.2, -0.15) is 0 Å². The Bertz CT molecular complexity index is 352. The number of anilines is 1. The Labute approximate surface area is 93.8 Å². The number of rotatable bonds is 0. The molecule has 0 spiro atoms. The lowest BCUT2D eigenvalue weighted by atomic mass is 10.1. The van der Waals surface area contributed by atoms with Gasteiger partial charge in [0.15, 0.2) is 0 Å². The van der Waals surface area contributed by atoms with Crippen LogP contribution in [-0.4, -0.2) is 25.0 Å². The molecule has 0 radical (unpaired) electrons. The van der Waals surface area contributed by atoms with Gasteiger partial charge in [0.05, 0.1) is 0 Å². The Morgan fingerprint density at radius 1 is 1.36 bits per heavy atom. The molecule has 0 bridgehead atoms. The second kappa shape index (κ2) is 3.97. The van der Waals surface area contributed by atoms with E-state index in [1.807, 2.05) is 6.07 Å². The number of hydrogen-bond donors (Lipinski definition) is 1. The lowest BCUT2D eigenvalue weighted by Gasteiger charge is -2.13. The number of likely N-dealkylation sites (N-methyl/N-ethyl adjacent to an activating group) is 1. The number of benzene rings is 1. The van der Waals surface area contributed by atoms with Crippen LogP contribution in [-0.2, 0) is 6.54 Å². The van der Waals surface area contributed by atoms with Gasteiger partial charge in [0.1, 0.15) is 0 Å². The molecule has 0 saturated heterocycles. The Morgan fingerprint density at radius 3 is 2.93 bits per heavy atom. The van der Waals surface area contributed by atoms with Crippen molar-refractivity contribution < 1.29 is 0 Å². The smallest absolute Gasteiger partial charge is 0.0486 e. The summed E-state index contributed by atoms with van der Waals surface area (Å²) in [7, 11) is 2.09. The van der Waals surface area contributed by atoms with Gasteiger partial charge >= 0.3 is 0 Å². The van der Waals surface area contributed by atoms with Gasteiger partial charge in [0.2, 0.25) is 0 Å². The van der Waals surface area contributed by atoms with Crippen molar-refractivity contribution in [2.75, 3.05) is 25.5 Å². The van der Waals surface area contributed by atoms with Gasteiger partial charge < -0.3 is 10.2 Å². The van der Waals surface area contributed by atoms with E-state index in [0.717, 1.165) is 35.9 Å². The zero-order valence-electron chi connectivity index (χ0n) is 7.98. The van der Waals surface area contributed by atoms with E-state index < -0.39 is 0 Å². The standard InChI is InChI=1S/C10H12Cl2N2/c1-14-3-2-13-10-5-7(11)4-9(12)8(10)6-14/h4-5,13H,2-3,6H2,1H3. The summed E-state index contributed by atoms with van der Waals surface area (Å²) in [5.74, 6) is 0. The second-order valence-corrected chi connectivity index (χ2v) is 4.42. The molecule has 0 atom stereocenters. The van der Waals surface area contributed by atoms with Crippen LogP contribution in [0.4, 0.5) is 5.69 Å². The van der Waals surface area contributed by atoms with Crippen LogP contribution in [0.1, 0.15) is 5.56 Å². The lowest BCUT2D eigenvalue weighted by molar-refractivity contribution is 0.346. The van der Waals surface area contributed by atoms with E-state index in [2.05, 4.69) is 17.3 Å². The highest BCUT2D eigenvalue weighted by Gasteiger charge is 2.14. The zero-order chi connectivity index (χ0) is 10.1. The van der Waals surface area contributed by atoms with Crippen molar-refractivity contribution in [1.82, 2.24) is 4.90 Å². The second-order valence-electron chi connectivity index (χ2n) is 3.58. The zero-order valence-corrected chi connectivity index (χ0v) is 9.49.